The quantitative estimate of drug-likeness (QED) is 0.737. The maximum atomic E-state index is 11.2. The van der Waals surface area contributed by atoms with Gasteiger partial charge in [0.15, 0.2) is 5.78 Å². The van der Waals surface area contributed by atoms with Gasteiger partial charge in [-0.15, -0.1) is 0 Å². The van der Waals surface area contributed by atoms with E-state index in [0.29, 0.717) is 13.9 Å². The summed E-state index contributed by atoms with van der Waals surface area (Å²) in [6.07, 6.45) is 4.17. The number of rotatable bonds is 4. The first-order valence-electron chi connectivity index (χ1n) is 5.81. The number of hydrogen-bond donors (Lipinski definition) is 1. The molecule has 3 nitrogen and oxygen atoms in total. The van der Waals surface area contributed by atoms with Crippen molar-refractivity contribution in [3.05, 3.63) is 11.5 Å². The van der Waals surface area contributed by atoms with Crippen molar-refractivity contribution in [2.45, 2.75) is 58.2 Å². The van der Waals surface area contributed by atoms with Crippen LogP contribution < -0.4 is 0 Å². The van der Waals surface area contributed by atoms with Gasteiger partial charge < -0.3 is 9.76 Å². The number of aliphatic hydroxyl groups is 1. The summed E-state index contributed by atoms with van der Waals surface area (Å²) in [4.78, 5) is 11.2. The van der Waals surface area contributed by atoms with Gasteiger partial charge in [0.05, 0.1) is 11.2 Å². The lowest BCUT2D eigenvalue weighted by Crippen LogP contribution is -2.48. The van der Waals surface area contributed by atoms with E-state index in [2.05, 4.69) is 0 Å². The lowest BCUT2D eigenvalue weighted by molar-refractivity contribution is -0.115. The van der Waals surface area contributed by atoms with Crippen LogP contribution >= 0.6 is 0 Å². The van der Waals surface area contributed by atoms with Gasteiger partial charge in [-0.1, -0.05) is 5.47 Å². The summed E-state index contributed by atoms with van der Waals surface area (Å²) in [5.41, 5.74) is -0.478. The topological polar surface area (TPSA) is 46.5 Å². The van der Waals surface area contributed by atoms with E-state index in [1.165, 1.54) is 0 Å². The minimum Gasteiger partial charge on any atom is -0.427 e. The number of allylic oxidation sites excluding steroid dienone is 2. The molecule has 0 amide bonds. The molecular formula is C12H21BO3. The first kappa shape index (κ1) is 13.5. The fraction of sp³-hybridized carbons (Fsp3) is 0.750. The number of carbonyl (C=O) groups is 1. The first-order valence-corrected chi connectivity index (χ1v) is 5.81. The molecule has 1 aliphatic rings. The van der Waals surface area contributed by atoms with Gasteiger partial charge in [0.2, 0.25) is 0 Å². The molecule has 0 saturated heterocycles. The molecular weight excluding hydrogens is 203 g/mol. The second-order valence-corrected chi connectivity index (χ2v) is 5.48. The molecule has 0 spiro atoms. The normalized spacial score (nSPS) is 18.3. The monoisotopic (exact) mass is 224 g/mol. The number of carbonyl (C=O) groups excluding carboxylic acids is 1. The van der Waals surface area contributed by atoms with Crippen LogP contribution in [0.3, 0.4) is 0 Å². The van der Waals surface area contributed by atoms with Crippen LogP contribution in [0.1, 0.15) is 47.0 Å². The van der Waals surface area contributed by atoms with E-state index in [4.69, 9.17) is 4.65 Å². The first-order chi connectivity index (χ1) is 7.22. The summed E-state index contributed by atoms with van der Waals surface area (Å²) in [6.45, 7) is 7.18. The van der Waals surface area contributed by atoms with E-state index in [0.717, 1.165) is 18.3 Å². The molecule has 0 fully saturated rings. The highest BCUT2D eigenvalue weighted by atomic mass is 16.5. The lowest BCUT2D eigenvalue weighted by Gasteiger charge is -2.38. The van der Waals surface area contributed by atoms with Gasteiger partial charge in [-0.2, -0.15) is 0 Å². The standard InChI is InChI=1S/C12H21BO3/c1-11(2,15)12(3,4)16-13-9-6-5-7-10(14)8-9/h8,13,15H,5-7H2,1-4H3. The fourth-order valence-corrected chi connectivity index (χ4v) is 1.43. The fourth-order valence-electron chi connectivity index (χ4n) is 1.43. The second kappa shape index (κ2) is 4.72. The highest BCUT2D eigenvalue weighted by Gasteiger charge is 2.35. The van der Waals surface area contributed by atoms with Crippen LogP contribution in [-0.2, 0) is 9.45 Å². The molecule has 0 bridgehead atoms. The molecule has 0 aromatic heterocycles. The molecule has 0 aromatic rings. The predicted molar refractivity (Wildman–Crippen MR) is 65.6 cm³/mol. The Hall–Kier alpha value is -0.605. The molecule has 1 rings (SSSR count). The van der Waals surface area contributed by atoms with E-state index in [-0.39, 0.29) is 5.78 Å². The van der Waals surface area contributed by atoms with Crippen LogP contribution in [0.4, 0.5) is 0 Å². The van der Waals surface area contributed by atoms with Crippen molar-refractivity contribution in [1.29, 1.82) is 0 Å². The summed E-state index contributed by atoms with van der Waals surface area (Å²) >= 11 is 0. The van der Waals surface area contributed by atoms with E-state index < -0.39 is 11.2 Å². The largest absolute Gasteiger partial charge is 0.427 e. The van der Waals surface area contributed by atoms with Crippen molar-refractivity contribution in [2.75, 3.05) is 0 Å². The number of ketones is 1. The molecule has 0 atom stereocenters. The van der Waals surface area contributed by atoms with Gasteiger partial charge >= 0.3 is 7.48 Å². The molecule has 16 heavy (non-hydrogen) atoms. The summed E-state index contributed by atoms with van der Waals surface area (Å²) in [5, 5.41) is 9.92. The lowest BCUT2D eigenvalue weighted by atomic mass is 9.77. The number of hydrogen-bond acceptors (Lipinski definition) is 3. The average Bonchev–Trinajstić information content (AvgIpc) is 2.13. The summed E-state index contributed by atoms with van der Waals surface area (Å²) in [7, 11) is 0.433. The van der Waals surface area contributed by atoms with Gasteiger partial charge in [0.25, 0.3) is 0 Å². The molecule has 0 aromatic carbocycles. The van der Waals surface area contributed by atoms with Gasteiger partial charge in [-0.05, 0) is 46.6 Å². The third-order valence-corrected chi connectivity index (χ3v) is 3.38. The SMILES string of the molecule is CC(C)(O)C(C)(C)OBC1=CC(=O)CCC1. The average molecular weight is 224 g/mol. The highest BCUT2D eigenvalue weighted by Crippen LogP contribution is 2.26. The van der Waals surface area contributed by atoms with Crippen LogP contribution in [0.25, 0.3) is 0 Å². The van der Waals surface area contributed by atoms with Gasteiger partial charge in [-0.25, -0.2) is 0 Å². The molecule has 0 saturated carbocycles. The predicted octanol–water partition coefficient (Wildman–Crippen LogP) is 1.54. The molecule has 0 unspecified atom stereocenters. The Morgan fingerprint density at radius 1 is 1.31 bits per heavy atom. The zero-order valence-electron chi connectivity index (χ0n) is 10.7. The molecule has 0 radical (unpaired) electrons. The zero-order valence-corrected chi connectivity index (χ0v) is 10.7. The van der Waals surface area contributed by atoms with E-state index in [1.54, 1.807) is 19.9 Å². The summed E-state index contributed by atoms with van der Waals surface area (Å²) in [6, 6.07) is 0. The minimum absolute atomic E-state index is 0.186. The third-order valence-electron chi connectivity index (χ3n) is 3.38. The van der Waals surface area contributed by atoms with Crippen molar-refractivity contribution in [3.63, 3.8) is 0 Å². The summed E-state index contributed by atoms with van der Waals surface area (Å²) in [5.74, 6) is 0.186. The van der Waals surface area contributed by atoms with Crippen LogP contribution in [0.2, 0.25) is 0 Å². The Balaban J connectivity index is 2.54. The van der Waals surface area contributed by atoms with Crippen molar-refractivity contribution >= 4 is 13.3 Å². The Labute approximate surface area is 98.1 Å². The van der Waals surface area contributed by atoms with Crippen molar-refractivity contribution in [3.8, 4) is 0 Å². The van der Waals surface area contributed by atoms with E-state index in [9.17, 15) is 9.90 Å². The molecule has 90 valence electrons. The highest BCUT2D eigenvalue weighted by molar-refractivity contribution is 6.39. The van der Waals surface area contributed by atoms with E-state index >= 15 is 0 Å². The smallest absolute Gasteiger partial charge is 0.305 e. The summed E-state index contributed by atoms with van der Waals surface area (Å²) < 4.78 is 5.71. The van der Waals surface area contributed by atoms with Gasteiger partial charge in [0.1, 0.15) is 0 Å². The van der Waals surface area contributed by atoms with Crippen LogP contribution in [0.5, 0.6) is 0 Å². The molecule has 0 aliphatic heterocycles. The van der Waals surface area contributed by atoms with Crippen molar-refractivity contribution in [2.24, 2.45) is 0 Å². The van der Waals surface area contributed by atoms with Gasteiger partial charge in [0, 0.05) is 6.42 Å². The van der Waals surface area contributed by atoms with E-state index in [1.807, 2.05) is 13.8 Å². The maximum absolute atomic E-state index is 11.2. The minimum atomic E-state index is -0.897. The molecule has 1 N–H and O–H groups in total. The van der Waals surface area contributed by atoms with Crippen LogP contribution in [0, 0.1) is 0 Å². The Morgan fingerprint density at radius 2 is 1.94 bits per heavy atom. The van der Waals surface area contributed by atoms with Gasteiger partial charge in [-0.3, -0.25) is 4.79 Å². The molecule has 1 aliphatic carbocycles. The zero-order chi connectivity index (χ0) is 12.4. The van der Waals surface area contributed by atoms with Crippen LogP contribution in [-0.4, -0.2) is 29.6 Å². The Kier molecular flexibility index (Phi) is 3.97. The molecule has 0 heterocycles. The Morgan fingerprint density at radius 3 is 2.44 bits per heavy atom. The van der Waals surface area contributed by atoms with Crippen LogP contribution in [0.15, 0.2) is 11.5 Å². The Bertz CT molecular complexity index is 300. The maximum Gasteiger partial charge on any atom is 0.305 e. The third kappa shape index (κ3) is 3.46. The molecule has 4 heteroatoms. The van der Waals surface area contributed by atoms with Crippen molar-refractivity contribution < 1.29 is 14.6 Å². The van der Waals surface area contributed by atoms with Crippen molar-refractivity contribution in [1.82, 2.24) is 0 Å². The second-order valence-electron chi connectivity index (χ2n) is 5.48.